The summed E-state index contributed by atoms with van der Waals surface area (Å²) in [7, 11) is 0. The van der Waals surface area contributed by atoms with E-state index >= 15 is 0 Å². The highest BCUT2D eigenvalue weighted by atomic mass is 35.5. The van der Waals surface area contributed by atoms with E-state index in [2.05, 4.69) is 0 Å². The van der Waals surface area contributed by atoms with Crippen LogP contribution in [0.4, 0.5) is 0 Å². The van der Waals surface area contributed by atoms with E-state index in [4.69, 9.17) is 38.3 Å². The maximum absolute atomic E-state index is 10.8. The Kier molecular flexibility index (Phi) is 4.69. The lowest BCUT2D eigenvalue weighted by Crippen LogP contribution is -1.99. The van der Waals surface area contributed by atoms with E-state index in [1.54, 1.807) is 18.2 Å². The van der Waals surface area contributed by atoms with Crippen LogP contribution in [0.1, 0.15) is 21.5 Å². The first-order chi connectivity index (χ1) is 10.0. The Morgan fingerprint density at radius 2 is 1.95 bits per heavy atom. The summed E-state index contributed by atoms with van der Waals surface area (Å²) >= 11 is 12.0. The van der Waals surface area contributed by atoms with Gasteiger partial charge in [-0.1, -0.05) is 29.3 Å². The van der Waals surface area contributed by atoms with Crippen molar-refractivity contribution in [2.45, 2.75) is 6.61 Å². The first-order valence-corrected chi connectivity index (χ1v) is 6.61. The van der Waals surface area contributed by atoms with E-state index in [1.807, 2.05) is 6.07 Å². The lowest BCUT2D eigenvalue weighted by Gasteiger charge is -2.10. The molecule has 0 radical (unpaired) electrons. The van der Waals surface area contributed by atoms with Crippen molar-refractivity contribution in [2.24, 2.45) is 0 Å². The molecule has 0 aliphatic heterocycles. The van der Waals surface area contributed by atoms with Gasteiger partial charge < -0.3 is 9.84 Å². The molecule has 0 amide bonds. The maximum atomic E-state index is 10.8. The summed E-state index contributed by atoms with van der Waals surface area (Å²) in [5.41, 5.74) is 1.25. The second kappa shape index (κ2) is 6.49. The van der Waals surface area contributed by atoms with Gasteiger partial charge in [0.05, 0.1) is 22.2 Å². The van der Waals surface area contributed by atoms with Crippen LogP contribution in [-0.2, 0) is 6.61 Å². The molecule has 0 unspecified atom stereocenters. The second-order valence-corrected chi connectivity index (χ2v) is 4.97. The molecule has 0 aliphatic carbocycles. The van der Waals surface area contributed by atoms with Gasteiger partial charge in [0.25, 0.3) is 0 Å². The van der Waals surface area contributed by atoms with Crippen LogP contribution in [-0.4, -0.2) is 11.1 Å². The number of halogens is 2. The molecule has 0 aromatic heterocycles. The summed E-state index contributed by atoms with van der Waals surface area (Å²) in [4.78, 5) is 10.8. The summed E-state index contributed by atoms with van der Waals surface area (Å²) in [5, 5.41) is 18.2. The van der Waals surface area contributed by atoms with Crippen molar-refractivity contribution in [1.82, 2.24) is 0 Å². The fourth-order valence-corrected chi connectivity index (χ4v) is 2.11. The Morgan fingerprint density at radius 1 is 1.19 bits per heavy atom. The molecule has 21 heavy (non-hydrogen) atoms. The van der Waals surface area contributed by atoms with Crippen LogP contribution in [0.25, 0.3) is 0 Å². The van der Waals surface area contributed by atoms with Crippen LogP contribution in [0.5, 0.6) is 5.75 Å². The Labute approximate surface area is 131 Å². The van der Waals surface area contributed by atoms with Crippen LogP contribution in [0.2, 0.25) is 10.0 Å². The summed E-state index contributed by atoms with van der Waals surface area (Å²) in [6.07, 6.45) is 0. The van der Waals surface area contributed by atoms with Crippen molar-refractivity contribution in [3.63, 3.8) is 0 Å². The maximum Gasteiger partial charge on any atom is 0.335 e. The molecule has 0 atom stereocenters. The predicted molar refractivity (Wildman–Crippen MR) is 78.9 cm³/mol. The second-order valence-electron chi connectivity index (χ2n) is 4.16. The third kappa shape index (κ3) is 3.66. The zero-order valence-electron chi connectivity index (χ0n) is 10.6. The number of benzene rings is 2. The van der Waals surface area contributed by atoms with Crippen molar-refractivity contribution in [3.8, 4) is 11.8 Å². The molecule has 2 aromatic carbocycles. The molecule has 0 spiro atoms. The first-order valence-electron chi connectivity index (χ1n) is 5.85. The molecule has 1 N–H and O–H groups in total. The smallest absolute Gasteiger partial charge is 0.335 e. The van der Waals surface area contributed by atoms with E-state index in [0.717, 1.165) is 0 Å². The van der Waals surface area contributed by atoms with Gasteiger partial charge >= 0.3 is 5.97 Å². The van der Waals surface area contributed by atoms with E-state index in [-0.39, 0.29) is 17.2 Å². The highest BCUT2D eigenvalue weighted by Gasteiger charge is 2.09. The third-order valence-corrected chi connectivity index (χ3v) is 3.39. The van der Waals surface area contributed by atoms with Gasteiger partial charge in [-0.05, 0) is 30.3 Å². The molecule has 0 saturated carbocycles. The number of carboxylic acids is 1. The fourth-order valence-electron chi connectivity index (χ4n) is 1.64. The Bertz CT molecular complexity index is 738. The van der Waals surface area contributed by atoms with Crippen molar-refractivity contribution < 1.29 is 14.6 Å². The minimum Gasteiger partial charge on any atom is -0.487 e. The molecule has 0 saturated heterocycles. The molecule has 0 bridgehead atoms. The zero-order valence-corrected chi connectivity index (χ0v) is 12.1. The number of carbonyl (C=O) groups is 1. The number of nitriles is 1. The fraction of sp³-hybridized carbons (Fsp3) is 0.0667. The Morgan fingerprint density at radius 3 is 2.52 bits per heavy atom. The predicted octanol–water partition coefficient (Wildman–Crippen LogP) is 4.14. The van der Waals surface area contributed by atoms with Gasteiger partial charge in [0.15, 0.2) is 0 Å². The molecule has 0 heterocycles. The van der Waals surface area contributed by atoms with Gasteiger partial charge in [-0.2, -0.15) is 5.26 Å². The summed E-state index contributed by atoms with van der Waals surface area (Å²) in [6, 6.07) is 11.1. The average molecular weight is 322 g/mol. The number of ether oxygens (including phenoxy) is 1. The van der Waals surface area contributed by atoms with Gasteiger partial charge in [-0.3, -0.25) is 0 Å². The number of rotatable bonds is 4. The molecule has 2 rings (SSSR count). The topological polar surface area (TPSA) is 70.3 Å². The largest absolute Gasteiger partial charge is 0.487 e. The van der Waals surface area contributed by atoms with E-state index < -0.39 is 5.97 Å². The monoisotopic (exact) mass is 321 g/mol. The van der Waals surface area contributed by atoms with Crippen molar-refractivity contribution in [2.75, 3.05) is 0 Å². The zero-order chi connectivity index (χ0) is 15.4. The molecule has 0 fully saturated rings. The number of nitrogens with zero attached hydrogens (tertiary/aromatic N) is 1. The van der Waals surface area contributed by atoms with Gasteiger partial charge in [0.2, 0.25) is 0 Å². The number of hydrogen-bond acceptors (Lipinski definition) is 3. The summed E-state index contributed by atoms with van der Waals surface area (Å²) < 4.78 is 5.52. The van der Waals surface area contributed by atoms with E-state index in [1.165, 1.54) is 18.2 Å². The Hall–Kier alpha value is -2.22. The van der Waals surface area contributed by atoms with Gasteiger partial charge in [0.1, 0.15) is 12.4 Å². The molecule has 0 aliphatic rings. The average Bonchev–Trinajstić information content (AvgIpc) is 2.46. The number of carboxylic acid groups (broad SMARTS) is 1. The van der Waals surface area contributed by atoms with Crippen molar-refractivity contribution in [1.29, 1.82) is 5.26 Å². The standard InChI is InChI=1S/C15H9Cl2NO3/c16-12-5-9(7-18)1-2-11(12)8-21-14-4-3-10(15(19)20)6-13(14)17/h1-6H,8H2,(H,19,20). The Balaban J connectivity index is 2.13. The van der Waals surface area contributed by atoms with Gasteiger partial charge in [0, 0.05) is 10.6 Å². The molecule has 4 nitrogen and oxygen atoms in total. The SMILES string of the molecule is N#Cc1ccc(COc2ccc(C(=O)O)cc2Cl)c(Cl)c1. The minimum absolute atomic E-state index is 0.0868. The van der Waals surface area contributed by atoms with Crippen LogP contribution in [0.15, 0.2) is 36.4 Å². The normalized spacial score (nSPS) is 9.95. The molecular formula is C15H9Cl2NO3. The quantitative estimate of drug-likeness (QED) is 0.918. The van der Waals surface area contributed by atoms with Crippen LogP contribution < -0.4 is 4.74 Å². The highest BCUT2D eigenvalue weighted by Crippen LogP contribution is 2.27. The van der Waals surface area contributed by atoms with E-state index in [0.29, 0.717) is 21.9 Å². The third-order valence-electron chi connectivity index (χ3n) is 2.74. The lowest BCUT2D eigenvalue weighted by molar-refractivity contribution is 0.0697. The minimum atomic E-state index is -1.06. The summed E-state index contributed by atoms with van der Waals surface area (Å²) in [5.74, 6) is -0.694. The number of hydrogen-bond donors (Lipinski definition) is 1. The van der Waals surface area contributed by atoms with Crippen molar-refractivity contribution >= 4 is 29.2 Å². The molecule has 106 valence electrons. The van der Waals surface area contributed by atoms with Crippen molar-refractivity contribution in [3.05, 3.63) is 63.1 Å². The lowest BCUT2D eigenvalue weighted by atomic mass is 10.1. The van der Waals surface area contributed by atoms with Crippen LogP contribution in [0.3, 0.4) is 0 Å². The summed E-state index contributed by atoms with van der Waals surface area (Å²) in [6.45, 7) is 0.163. The first kappa shape index (κ1) is 15.2. The van der Waals surface area contributed by atoms with Gasteiger partial charge in [-0.15, -0.1) is 0 Å². The van der Waals surface area contributed by atoms with E-state index in [9.17, 15) is 4.79 Å². The van der Waals surface area contributed by atoms with Crippen LogP contribution in [0, 0.1) is 11.3 Å². The van der Waals surface area contributed by atoms with Crippen LogP contribution >= 0.6 is 23.2 Å². The molecule has 2 aromatic rings. The highest BCUT2D eigenvalue weighted by molar-refractivity contribution is 6.32. The molecule has 6 heteroatoms. The van der Waals surface area contributed by atoms with Gasteiger partial charge in [-0.25, -0.2) is 4.79 Å². The number of aromatic carboxylic acids is 1. The molecular weight excluding hydrogens is 313 g/mol.